The van der Waals surface area contributed by atoms with Gasteiger partial charge in [0.05, 0.1) is 0 Å². The summed E-state index contributed by atoms with van der Waals surface area (Å²) in [5, 5.41) is 6.10. The number of amides is 3. The molecular formula is C23H26FN3O2. The molecule has 4 rings (SSSR count). The number of urea groups is 1. The molecule has 2 bridgehead atoms. The second kappa shape index (κ2) is 8.23. The Kier molecular flexibility index (Phi) is 5.51. The van der Waals surface area contributed by atoms with E-state index in [9.17, 15) is 14.0 Å². The molecule has 0 aromatic heterocycles. The van der Waals surface area contributed by atoms with Gasteiger partial charge >= 0.3 is 6.03 Å². The molecule has 2 aliphatic rings. The van der Waals surface area contributed by atoms with E-state index < -0.39 is 0 Å². The monoisotopic (exact) mass is 395 g/mol. The predicted molar refractivity (Wildman–Crippen MR) is 110 cm³/mol. The number of rotatable bonds is 4. The van der Waals surface area contributed by atoms with Gasteiger partial charge in [-0.25, -0.2) is 9.18 Å². The first kappa shape index (κ1) is 19.4. The zero-order valence-corrected chi connectivity index (χ0v) is 16.5. The number of nitrogens with zero attached hydrogens (tertiary/aromatic N) is 1. The van der Waals surface area contributed by atoms with Gasteiger partial charge in [-0.2, -0.15) is 0 Å². The van der Waals surface area contributed by atoms with Crippen LogP contribution in [0.15, 0.2) is 48.5 Å². The van der Waals surface area contributed by atoms with Gasteiger partial charge in [0, 0.05) is 29.4 Å². The van der Waals surface area contributed by atoms with Crippen LogP contribution in [0.3, 0.4) is 0 Å². The highest BCUT2D eigenvalue weighted by atomic mass is 19.1. The van der Waals surface area contributed by atoms with Crippen molar-refractivity contribution in [3.05, 3.63) is 65.5 Å². The Bertz CT molecular complexity index is 885. The van der Waals surface area contributed by atoms with Crippen molar-refractivity contribution >= 4 is 17.6 Å². The number of aryl methyl sites for hydroxylation is 1. The SMILES string of the molecule is CCc1cccc(NC(=O)N2[C@@H]3CC[C@H]2CC(NC(=O)c2ccc(F)cc2)C3)c1. The van der Waals surface area contributed by atoms with Crippen molar-refractivity contribution in [2.45, 2.75) is 57.2 Å². The summed E-state index contributed by atoms with van der Waals surface area (Å²) >= 11 is 0. The maximum absolute atomic E-state index is 13.1. The third kappa shape index (κ3) is 4.26. The largest absolute Gasteiger partial charge is 0.349 e. The zero-order valence-electron chi connectivity index (χ0n) is 16.5. The van der Waals surface area contributed by atoms with Crippen LogP contribution in [0.5, 0.6) is 0 Å². The molecule has 2 N–H and O–H groups in total. The van der Waals surface area contributed by atoms with Gasteiger partial charge in [0.15, 0.2) is 0 Å². The van der Waals surface area contributed by atoms with Gasteiger partial charge in [-0.1, -0.05) is 19.1 Å². The van der Waals surface area contributed by atoms with E-state index in [4.69, 9.17) is 0 Å². The maximum Gasteiger partial charge on any atom is 0.322 e. The minimum absolute atomic E-state index is 0.0255. The first-order valence-electron chi connectivity index (χ1n) is 10.3. The molecule has 152 valence electrons. The quantitative estimate of drug-likeness (QED) is 0.809. The Labute approximate surface area is 170 Å². The third-order valence-corrected chi connectivity index (χ3v) is 6.00. The minimum atomic E-state index is -0.358. The van der Waals surface area contributed by atoms with E-state index >= 15 is 0 Å². The molecule has 2 aliphatic heterocycles. The fourth-order valence-corrected chi connectivity index (χ4v) is 4.55. The summed E-state index contributed by atoms with van der Waals surface area (Å²) in [5.41, 5.74) is 2.46. The molecule has 2 aromatic carbocycles. The van der Waals surface area contributed by atoms with E-state index in [-0.39, 0.29) is 35.9 Å². The Morgan fingerprint density at radius 2 is 1.76 bits per heavy atom. The number of hydrogen-bond acceptors (Lipinski definition) is 2. The van der Waals surface area contributed by atoms with Crippen LogP contribution in [0.4, 0.5) is 14.9 Å². The van der Waals surface area contributed by atoms with Gasteiger partial charge in [-0.15, -0.1) is 0 Å². The van der Waals surface area contributed by atoms with Gasteiger partial charge in [-0.3, -0.25) is 4.79 Å². The highest BCUT2D eigenvalue weighted by Gasteiger charge is 2.43. The molecule has 1 unspecified atom stereocenters. The van der Waals surface area contributed by atoms with E-state index in [2.05, 4.69) is 23.6 Å². The van der Waals surface area contributed by atoms with Crippen LogP contribution in [0, 0.1) is 5.82 Å². The second-order valence-corrected chi connectivity index (χ2v) is 7.93. The predicted octanol–water partition coefficient (Wildman–Crippen LogP) is 4.35. The smallest absolute Gasteiger partial charge is 0.322 e. The molecule has 5 nitrogen and oxygen atoms in total. The van der Waals surface area contributed by atoms with Gasteiger partial charge in [0.1, 0.15) is 5.82 Å². The molecule has 2 saturated heterocycles. The third-order valence-electron chi connectivity index (χ3n) is 6.00. The molecule has 0 saturated carbocycles. The lowest BCUT2D eigenvalue weighted by Crippen LogP contribution is -2.53. The average molecular weight is 395 g/mol. The standard InChI is InChI=1S/C23H26FN3O2/c1-2-15-4-3-5-18(12-15)26-23(29)27-20-10-11-21(27)14-19(13-20)25-22(28)16-6-8-17(24)9-7-16/h3-9,12,19-21H,2,10-11,13-14H2,1H3,(H,25,28)(H,26,29)/t19?,20-,21+. The van der Waals surface area contributed by atoms with Crippen molar-refractivity contribution in [1.82, 2.24) is 10.2 Å². The summed E-state index contributed by atoms with van der Waals surface area (Å²) in [6.45, 7) is 2.09. The summed E-state index contributed by atoms with van der Waals surface area (Å²) in [6.07, 6.45) is 4.32. The van der Waals surface area contributed by atoms with E-state index in [0.29, 0.717) is 5.56 Å². The Balaban J connectivity index is 1.37. The lowest BCUT2D eigenvalue weighted by atomic mass is 9.97. The molecule has 0 radical (unpaired) electrons. The summed E-state index contributed by atoms with van der Waals surface area (Å²) in [6, 6.07) is 13.7. The Hall–Kier alpha value is -2.89. The molecule has 0 aliphatic carbocycles. The van der Waals surface area contributed by atoms with Crippen molar-refractivity contribution in [2.75, 3.05) is 5.32 Å². The number of carbonyl (C=O) groups excluding carboxylic acids is 2. The zero-order chi connectivity index (χ0) is 20.4. The molecule has 6 heteroatoms. The number of halogens is 1. The van der Waals surface area contributed by atoms with Crippen LogP contribution in [0.2, 0.25) is 0 Å². The van der Waals surface area contributed by atoms with Gasteiger partial charge < -0.3 is 15.5 Å². The maximum atomic E-state index is 13.1. The molecule has 0 spiro atoms. The Morgan fingerprint density at radius 1 is 1.07 bits per heavy atom. The van der Waals surface area contributed by atoms with Gasteiger partial charge in [0.2, 0.25) is 0 Å². The Morgan fingerprint density at radius 3 is 2.41 bits per heavy atom. The van der Waals surface area contributed by atoms with Crippen molar-refractivity contribution in [3.63, 3.8) is 0 Å². The molecule has 2 fully saturated rings. The van der Waals surface area contributed by atoms with Gasteiger partial charge in [0.25, 0.3) is 5.91 Å². The lowest BCUT2D eigenvalue weighted by molar-refractivity contribution is 0.0891. The van der Waals surface area contributed by atoms with Crippen LogP contribution < -0.4 is 10.6 Å². The fraction of sp³-hybridized carbons (Fsp3) is 0.391. The number of fused-ring (bicyclic) bond motifs is 2. The topological polar surface area (TPSA) is 61.4 Å². The van der Waals surface area contributed by atoms with Crippen LogP contribution in [-0.2, 0) is 6.42 Å². The number of anilines is 1. The second-order valence-electron chi connectivity index (χ2n) is 7.93. The number of benzene rings is 2. The molecule has 29 heavy (non-hydrogen) atoms. The highest BCUT2D eigenvalue weighted by Crippen LogP contribution is 2.36. The molecule has 3 atom stereocenters. The average Bonchev–Trinajstić information content (AvgIpc) is 2.99. The number of nitrogens with one attached hydrogen (secondary N) is 2. The summed E-state index contributed by atoms with van der Waals surface area (Å²) in [4.78, 5) is 27.3. The number of piperidine rings is 1. The minimum Gasteiger partial charge on any atom is -0.349 e. The number of hydrogen-bond donors (Lipinski definition) is 2. The van der Waals surface area contributed by atoms with Crippen molar-refractivity contribution < 1.29 is 14.0 Å². The summed E-state index contributed by atoms with van der Waals surface area (Å²) in [7, 11) is 0. The van der Waals surface area contributed by atoms with E-state index in [1.165, 1.54) is 29.8 Å². The van der Waals surface area contributed by atoms with Gasteiger partial charge in [-0.05, 0) is 74.1 Å². The summed E-state index contributed by atoms with van der Waals surface area (Å²) < 4.78 is 13.1. The molecule has 2 heterocycles. The molecular weight excluding hydrogens is 369 g/mol. The highest BCUT2D eigenvalue weighted by molar-refractivity contribution is 5.94. The first-order chi connectivity index (χ1) is 14.0. The van der Waals surface area contributed by atoms with E-state index in [1.54, 1.807) is 0 Å². The lowest BCUT2D eigenvalue weighted by Gasteiger charge is -2.39. The van der Waals surface area contributed by atoms with Crippen LogP contribution >= 0.6 is 0 Å². The summed E-state index contributed by atoms with van der Waals surface area (Å²) in [5.74, 6) is -0.549. The van der Waals surface area contributed by atoms with Crippen molar-refractivity contribution in [1.29, 1.82) is 0 Å². The van der Waals surface area contributed by atoms with Crippen molar-refractivity contribution in [2.24, 2.45) is 0 Å². The van der Waals surface area contributed by atoms with Crippen molar-refractivity contribution in [3.8, 4) is 0 Å². The normalized spacial score (nSPS) is 23.0. The van der Waals surface area contributed by atoms with Crippen LogP contribution in [0.25, 0.3) is 0 Å². The number of carbonyl (C=O) groups is 2. The molecule has 3 amide bonds. The van der Waals surface area contributed by atoms with Crippen LogP contribution in [0.1, 0.15) is 48.5 Å². The van der Waals surface area contributed by atoms with E-state index in [1.807, 2.05) is 23.1 Å². The fourth-order valence-electron chi connectivity index (χ4n) is 4.55. The molecule has 2 aromatic rings. The first-order valence-corrected chi connectivity index (χ1v) is 10.3. The van der Waals surface area contributed by atoms with Crippen LogP contribution in [-0.4, -0.2) is 35.0 Å². The van der Waals surface area contributed by atoms with E-state index in [0.717, 1.165) is 37.8 Å².